The van der Waals surface area contributed by atoms with Gasteiger partial charge in [-0.3, -0.25) is 0 Å². The molecule has 2 aromatic carbocycles. The second kappa shape index (κ2) is 8.87. The summed E-state index contributed by atoms with van der Waals surface area (Å²) in [5.74, 6) is -0.109. The first-order valence-corrected chi connectivity index (χ1v) is 9.77. The van der Waals surface area contributed by atoms with Gasteiger partial charge in [0, 0.05) is 5.56 Å². The summed E-state index contributed by atoms with van der Waals surface area (Å²) in [5.41, 5.74) is 2.03. The number of phenols is 1. The molecule has 0 radical (unpaired) electrons. The van der Waals surface area contributed by atoms with Crippen LogP contribution in [0.3, 0.4) is 0 Å². The van der Waals surface area contributed by atoms with Crippen LogP contribution in [-0.4, -0.2) is 34.9 Å². The van der Waals surface area contributed by atoms with E-state index in [1.807, 2.05) is 19.9 Å². The van der Waals surface area contributed by atoms with Crippen molar-refractivity contribution in [1.29, 1.82) is 0 Å². The Hall–Kier alpha value is -3.19. The van der Waals surface area contributed by atoms with Gasteiger partial charge in [-0.05, 0) is 55.8 Å². The van der Waals surface area contributed by atoms with E-state index >= 15 is 0 Å². The van der Waals surface area contributed by atoms with Gasteiger partial charge < -0.3 is 19.7 Å². The Balaban J connectivity index is 2.00. The number of hydrogen-bond acceptors (Lipinski definition) is 7. The fourth-order valence-electron chi connectivity index (χ4n) is 2.71. The Kier molecular flexibility index (Phi) is 6.29. The molecule has 0 spiro atoms. The highest BCUT2D eigenvalue weighted by atomic mass is 32.2. The third-order valence-electron chi connectivity index (χ3n) is 4.13. The molecule has 0 atom stereocenters. The van der Waals surface area contributed by atoms with Crippen LogP contribution in [0.2, 0.25) is 0 Å². The zero-order chi connectivity index (χ0) is 21.0. The molecule has 7 heteroatoms. The van der Waals surface area contributed by atoms with Crippen molar-refractivity contribution >= 4 is 34.5 Å². The van der Waals surface area contributed by atoms with E-state index in [4.69, 9.17) is 9.47 Å². The second-order valence-electron chi connectivity index (χ2n) is 6.23. The minimum atomic E-state index is -0.684. The van der Waals surface area contributed by atoms with Crippen LogP contribution in [0.25, 0.3) is 6.08 Å². The molecule has 1 aliphatic rings. The highest BCUT2D eigenvalue weighted by Gasteiger charge is 2.33. The van der Waals surface area contributed by atoms with Crippen LogP contribution in [0.5, 0.6) is 11.5 Å². The number of aromatic hydroxyl groups is 1. The summed E-state index contributed by atoms with van der Waals surface area (Å²) in [7, 11) is 1.25. The molecule has 1 aliphatic heterocycles. The predicted octanol–water partition coefficient (Wildman–Crippen LogP) is 4.90. The fourth-order valence-corrected chi connectivity index (χ4v) is 3.73. The lowest BCUT2D eigenvalue weighted by atomic mass is 10.1. The van der Waals surface area contributed by atoms with Gasteiger partial charge in [-0.15, -0.1) is 0 Å². The number of phenolic OH excluding ortho intramolecular Hbond substituents is 1. The van der Waals surface area contributed by atoms with E-state index in [0.29, 0.717) is 27.8 Å². The fraction of sp³-hybridized carbons (Fsp3) is 0.182. The molecule has 2 N–H and O–H groups in total. The van der Waals surface area contributed by atoms with Crippen molar-refractivity contribution in [2.45, 2.75) is 13.8 Å². The Morgan fingerprint density at radius 1 is 1.17 bits per heavy atom. The third-order valence-corrected chi connectivity index (χ3v) is 5.15. The molecule has 0 aromatic heterocycles. The number of methoxy groups -OCH3 is 1. The Bertz CT molecular complexity index is 1020. The maximum absolute atomic E-state index is 12.2. The van der Waals surface area contributed by atoms with Gasteiger partial charge in [-0.2, -0.15) is 0 Å². The Morgan fingerprint density at radius 3 is 2.52 bits per heavy atom. The summed E-state index contributed by atoms with van der Waals surface area (Å²) in [6.45, 7) is 4.33. The lowest BCUT2D eigenvalue weighted by Gasteiger charge is -2.04. The molecule has 0 unspecified atom stereocenters. The van der Waals surface area contributed by atoms with Gasteiger partial charge >= 0.3 is 5.97 Å². The van der Waals surface area contributed by atoms with Gasteiger partial charge in [0.25, 0.3) is 0 Å². The van der Waals surface area contributed by atoms with Crippen LogP contribution in [0.1, 0.15) is 18.1 Å². The molecular weight excluding hydrogens is 390 g/mol. The monoisotopic (exact) mass is 411 g/mol. The summed E-state index contributed by atoms with van der Waals surface area (Å²) in [4.78, 5) is 17.1. The number of aliphatic imine (C=N–C) groups is 1. The molecule has 0 aliphatic carbocycles. The van der Waals surface area contributed by atoms with Crippen LogP contribution in [0.4, 0.5) is 5.69 Å². The van der Waals surface area contributed by atoms with Crippen molar-refractivity contribution in [3.8, 4) is 11.5 Å². The molecule has 2 aromatic rings. The van der Waals surface area contributed by atoms with E-state index in [0.717, 1.165) is 23.1 Å². The predicted molar refractivity (Wildman–Crippen MR) is 115 cm³/mol. The van der Waals surface area contributed by atoms with E-state index in [9.17, 15) is 15.0 Å². The standard InChI is InChI=1S/C22H21NO5S/c1-4-28-16-9-7-15(8-10-16)23-21-19(22(26)27-3)20(25)18(29-21)12-14-6-5-13(2)11-17(14)24/h5-12,24-25H,4H2,1-3H3. The molecule has 3 rings (SSSR count). The molecule has 6 nitrogen and oxygen atoms in total. The third kappa shape index (κ3) is 4.63. The van der Waals surface area contributed by atoms with E-state index in [-0.39, 0.29) is 17.1 Å². The number of hydrogen-bond donors (Lipinski definition) is 2. The summed E-state index contributed by atoms with van der Waals surface area (Å²) >= 11 is 1.13. The second-order valence-corrected chi connectivity index (χ2v) is 7.26. The first kappa shape index (κ1) is 20.5. The van der Waals surface area contributed by atoms with Gasteiger partial charge in [0.1, 0.15) is 27.9 Å². The minimum absolute atomic E-state index is 0.00997. The lowest BCUT2D eigenvalue weighted by Crippen LogP contribution is -2.10. The number of aliphatic hydroxyl groups excluding tert-OH is 1. The van der Waals surface area contributed by atoms with Gasteiger partial charge in [0.05, 0.1) is 24.3 Å². The molecular formula is C22H21NO5S. The zero-order valence-electron chi connectivity index (χ0n) is 16.3. The van der Waals surface area contributed by atoms with Crippen molar-refractivity contribution in [2.75, 3.05) is 13.7 Å². The molecule has 0 saturated carbocycles. The summed E-state index contributed by atoms with van der Waals surface area (Å²) in [6, 6.07) is 12.3. The maximum atomic E-state index is 12.2. The van der Waals surface area contributed by atoms with Gasteiger partial charge in [-0.25, -0.2) is 9.79 Å². The van der Waals surface area contributed by atoms with Crippen molar-refractivity contribution in [2.24, 2.45) is 4.99 Å². The first-order chi connectivity index (χ1) is 13.9. The van der Waals surface area contributed by atoms with Crippen LogP contribution in [0, 0.1) is 6.92 Å². The molecule has 0 saturated heterocycles. The van der Waals surface area contributed by atoms with Crippen LogP contribution in [0.15, 0.2) is 63.7 Å². The Labute approximate surface area is 173 Å². The zero-order valence-corrected chi connectivity index (χ0v) is 17.1. The molecule has 29 heavy (non-hydrogen) atoms. The Morgan fingerprint density at radius 2 is 1.90 bits per heavy atom. The number of aliphatic hydroxyl groups is 1. The van der Waals surface area contributed by atoms with E-state index in [2.05, 4.69) is 4.99 Å². The average Bonchev–Trinajstić information content (AvgIpc) is 3.00. The highest BCUT2D eigenvalue weighted by Crippen LogP contribution is 2.41. The summed E-state index contributed by atoms with van der Waals surface area (Å²) in [6.07, 6.45) is 1.61. The minimum Gasteiger partial charge on any atom is -0.507 e. The molecule has 1 heterocycles. The van der Waals surface area contributed by atoms with E-state index < -0.39 is 5.97 Å². The van der Waals surface area contributed by atoms with Crippen molar-refractivity contribution in [3.05, 3.63) is 69.8 Å². The van der Waals surface area contributed by atoms with Crippen molar-refractivity contribution < 1.29 is 24.5 Å². The molecule has 150 valence electrons. The summed E-state index contributed by atoms with van der Waals surface area (Å²) in [5, 5.41) is 21.1. The van der Waals surface area contributed by atoms with Crippen LogP contribution >= 0.6 is 11.8 Å². The molecule has 0 fully saturated rings. The number of nitrogens with zero attached hydrogens (tertiary/aromatic N) is 1. The highest BCUT2D eigenvalue weighted by molar-refractivity contribution is 8.18. The number of benzene rings is 2. The van der Waals surface area contributed by atoms with Gasteiger partial charge in [0.2, 0.25) is 0 Å². The average molecular weight is 411 g/mol. The largest absolute Gasteiger partial charge is 0.507 e. The van der Waals surface area contributed by atoms with Gasteiger partial charge in [0.15, 0.2) is 0 Å². The van der Waals surface area contributed by atoms with Crippen molar-refractivity contribution in [1.82, 2.24) is 0 Å². The first-order valence-electron chi connectivity index (χ1n) is 8.96. The number of ether oxygens (including phenoxy) is 2. The smallest absolute Gasteiger partial charge is 0.344 e. The van der Waals surface area contributed by atoms with E-state index in [1.165, 1.54) is 7.11 Å². The number of aryl methyl sites for hydroxylation is 1. The number of esters is 1. The molecule has 0 bridgehead atoms. The van der Waals surface area contributed by atoms with E-state index in [1.54, 1.807) is 42.5 Å². The normalized spacial score (nSPS) is 16.5. The van der Waals surface area contributed by atoms with Crippen LogP contribution in [-0.2, 0) is 9.53 Å². The number of carbonyl (C=O) groups excluding carboxylic acids is 1. The SMILES string of the molecule is CCOc1ccc(N=C2SC(=Cc3ccc(C)cc3O)C(O)=C2C(=O)OC)cc1. The van der Waals surface area contributed by atoms with Crippen molar-refractivity contribution in [3.63, 3.8) is 0 Å². The quantitative estimate of drug-likeness (QED) is 0.680. The maximum Gasteiger partial charge on any atom is 0.344 e. The molecule has 0 amide bonds. The topological polar surface area (TPSA) is 88.4 Å². The summed E-state index contributed by atoms with van der Waals surface area (Å²) < 4.78 is 10.2. The van der Waals surface area contributed by atoms with Gasteiger partial charge in [-0.1, -0.05) is 23.9 Å². The lowest BCUT2D eigenvalue weighted by molar-refractivity contribution is -0.135. The number of carbonyl (C=O) groups is 1. The van der Waals surface area contributed by atoms with Crippen LogP contribution < -0.4 is 4.74 Å². The number of thioether (sulfide) groups is 1. The number of rotatable bonds is 5.